The third-order valence-corrected chi connectivity index (χ3v) is 3.07. The SMILES string of the molecule is CC(NC(=O)C(N)C(C)O)C(=O)NC(C=O)CCCNC(=N)N. The molecular formula is C13H26N6O4. The summed E-state index contributed by atoms with van der Waals surface area (Å²) in [4.78, 5) is 34.5. The maximum atomic E-state index is 11.9. The number of nitrogens with one attached hydrogen (secondary N) is 4. The molecular weight excluding hydrogens is 304 g/mol. The van der Waals surface area contributed by atoms with E-state index in [1.54, 1.807) is 0 Å². The lowest BCUT2D eigenvalue weighted by atomic mass is 10.1. The van der Waals surface area contributed by atoms with Gasteiger partial charge in [0.25, 0.3) is 0 Å². The van der Waals surface area contributed by atoms with Gasteiger partial charge in [0.2, 0.25) is 11.8 Å². The average Bonchev–Trinajstić information content (AvgIpc) is 2.48. The second kappa shape index (κ2) is 10.5. The number of aliphatic hydroxyl groups is 1. The number of carbonyl (C=O) groups is 3. The molecule has 0 aliphatic carbocycles. The molecule has 0 aliphatic rings. The quantitative estimate of drug-likeness (QED) is 0.0972. The number of amides is 2. The Bertz CT molecular complexity index is 429. The van der Waals surface area contributed by atoms with Crippen LogP contribution in [-0.4, -0.2) is 59.9 Å². The Morgan fingerprint density at radius 2 is 1.87 bits per heavy atom. The van der Waals surface area contributed by atoms with Crippen molar-refractivity contribution in [2.45, 2.75) is 50.9 Å². The number of carbonyl (C=O) groups excluding carboxylic acids is 3. The number of hydrogen-bond donors (Lipinski definition) is 7. The number of nitrogens with two attached hydrogens (primary N) is 2. The Balaban J connectivity index is 4.28. The first kappa shape index (κ1) is 20.8. The van der Waals surface area contributed by atoms with E-state index in [4.69, 9.17) is 16.9 Å². The van der Waals surface area contributed by atoms with Crippen LogP contribution in [0.4, 0.5) is 0 Å². The number of rotatable bonds is 10. The molecule has 0 aromatic carbocycles. The molecule has 10 heteroatoms. The molecule has 0 aromatic heterocycles. The second-order valence-electron chi connectivity index (χ2n) is 5.23. The van der Waals surface area contributed by atoms with Crippen molar-refractivity contribution in [3.05, 3.63) is 0 Å². The van der Waals surface area contributed by atoms with Crippen molar-refractivity contribution >= 4 is 24.1 Å². The normalized spacial score (nSPS) is 15.7. The van der Waals surface area contributed by atoms with Gasteiger partial charge in [-0.25, -0.2) is 0 Å². The van der Waals surface area contributed by atoms with Crippen LogP contribution in [0, 0.1) is 5.41 Å². The van der Waals surface area contributed by atoms with E-state index in [2.05, 4.69) is 16.0 Å². The van der Waals surface area contributed by atoms with Gasteiger partial charge in [-0.05, 0) is 26.7 Å². The molecule has 4 atom stereocenters. The van der Waals surface area contributed by atoms with Crippen LogP contribution in [-0.2, 0) is 14.4 Å². The summed E-state index contributed by atoms with van der Waals surface area (Å²) < 4.78 is 0. The van der Waals surface area contributed by atoms with E-state index in [1.807, 2.05) is 0 Å². The molecule has 4 unspecified atom stereocenters. The zero-order valence-electron chi connectivity index (χ0n) is 13.3. The Kier molecular flexibility index (Phi) is 9.51. The number of hydrogen-bond acceptors (Lipinski definition) is 6. The molecule has 0 heterocycles. The first-order valence-corrected chi connectivity index (χ1v) is 7.26. The highest BCUT2D eigenvalue weighted by molar-refractivity contribution is 5.90. The van der Waals surface area contributed by atoms with Gasteiger partial charge in [0.1, 0.15) is 18.4 Å². The van der Waals surface area contributed by atoms with E-state index in [9.17, 15) is 19.5 Å². The minimum atomic E-state index is -1.13. The number of aldehydes is 1. The van der Waals surface area contributed by atoms with Crippen LogP contribution in [0.15, 0.2) is 0 Å². The summed E-state index contributed by atoms with van der Waals surface area (Å²) in [5.41, 5.74) is 10.6. The average molecular weight is 330 g/mol. The molecule has 2 amide bonds. The smallest absolute Gasteiger partial charge is 0.242 e. The summed E-state index contributed by atoms with van der Waals surface area (Å²) in [6.45, 7) is 3.22. The lowest BCUT2D eigenvalue weighted by Gasteiger charge is -2.20. The van der Waals surface area contributed by atoms with E-state index in [0.717, 1.165) is 0 Å². The minimum absolute atomic E-state index is 0.164. The monoisotopic (exact) mass is 330 g/mol. The molecule has 0 aliphatic heterocycles. The lowest BCUT2D eigenvalue weighted by molar-refractivity contribution is -0.131. The van der Waals surface area contributed by atoms with Gasteiger partial charge >= 0.3 is 0 Å². The van der Waals surface area contributed by atoms with Crippen molar-refractivity contribution in [2.75, 3.05) is 6.54 Å². The molecule has 0 aromatic rings. The zero-order valence-corrected chi connectivity index (χ0v) is 13.3. The van der Waals surface area contributed by atoms with Crippen LogP contribution in [0.2, 0.25) is 0 Å². The fraction of sp³-hybridized carbons (Fsp3) is 0.692. The van der Waals surface area contributed by atoms with Gasteiger partial charge in [0, 0.05) is 6.54 Å². The van der Waals surface area contributed by atoms with Crippen molar-refractivity contribution in [3.63, 3.8) is 0 Å². The first-order valence-electron chi connectivity index (χ1n) is 7.26. The van der Waals surface area contributed by atoms with E-state index < -0.39 is 36.0 Å². The predicted molar refractivity (Wildman–Crippen MR) is 84.4 cm³/mol. The Morgan fingerprint density at radius 1 is 1.26 bits per heavy atom. The standard InChI is InChI=1S/C13H26N6O4/c1-7(18-12(23)10(14)8(2)21)11(22)19-9(6-20)4-3-5-17-13(15)16/h6-10,21H,3-5,14H2,1-2H3,(H,18,23)(H,19,22)(H4,15,16,17). The van der Waals surface area contributed by atoms with Crippen molar-refractivity contribution in [1.82, 2.24) is 16.0 Å². The van der Waals surface area contributed by atoms with E-state index in [1.165, 1.54) is 13.8 Å². The molecule has 0 radical (unpaired) electrons. The van der Waals surface area contributed by atoms with Gasteiger partial charge in [-0.15, -0.1) is 0 Å². The summed E-state index contributed by atoms with van der Waals surface area (Å²) in [6, 6.07) is -2.74. The topological polar surface area (TPSA) is 183 Å². The Labute approximate surface area is 134 Å². The van der Waals surface area contributed by atoms with Crippen molar-refractivity contribution in [3.8, 4) is 0 Å². The van der Waals surface area contributed by atoms with E-state index >= 15 is 0 Å². The number of aliphatic hydroxyl groups excluding tert-OH is 1. The zero-order chi connectivity index (χ0) is 18.0. The van der Waals surface area contributed by atoms with Gasteiger partial charge in [0.15, 0.2) is 5.96 Å². The van der Waals surface area contributed by atoms with Gasteiger partial charge in [0.05, 0.1) is 12.1 Å². The fourth-order valence-electron chi connectivity index (χ4n) is 1.62. The summed E-state index contributed by atoms with van der Waals surface area (Å²) in [6.07, 6.45) is 0.448. The third-order valence-electron chi connectivity index (χ3n) is 3.07. The van der Waals surface area contributed by atoms with Crippen LogP contribution < -0.4 is 27.4 Å². The largest absolute Gasteiger partial charge is 0.391 e. The summed E-state index contributed by atoms with van der Waals surface area (Å²) >= 11 is 0. The van der Waals surface area contributed by atoms with E-state index in [-0.39, 0.29) is 5.96 Å². The lowest BCUT2D eigenvalue weighted by Crippen LogP contribution is -2.54. The van der Waals surface area contributed by atoms with Crippen LogP contribution in [0.3, 0.4) is 0 Å². The predicted octanol–water partition coefficient (Wildman–Crippen LogP) is -2.85. The summed E-state index contributed by atoms with van der Waals surface area (Å²) in [5.74, 6) is -1.36. The van der Waals surface area contributed by atoms with Crippen molar-refractivity contribution in [1.29, 1.82) is 5.41 Å². The van der Waals surface area contributed by atoms with Crippen molar-refractivity contribution < 1.29 is 19.5 Å². The Morgan fingerprint density at radius 3 is 2.35 bits per heavy atom. The van der Waals surface area contributed by atoms with Crippen LogP contribution >= 0.6 is 0 Å². The van der Waals surface area contributed by atoms with Gasteiger partial charge < -0.3 is 37.3 Å². The van der Waals surface area contributed by atoms with Crippen LogP contribution in [0.5, 0.6) is 0 Å². The molecule has 0 saturated carbocycles. The number of guanidine groups is 1. The highest BCUT2D eigenvalue weighted by Gasteiger charge is 2.24. The molecule has 132 valence electrons. The summed E-state index contributed by atoms with van der Waals surface area (Å²) in [5, 5.41) is 23.6. The first-order chi connectivity index (χ1) is 10.7. The second-order valence-corrected chi connectivity index (χ2v) is 5.23. The maximum absolute atomic E-state index is 11.9. The maximum Gasteiger partial charge on any atom is 0.242 e. The fourth-order valence-corrected chi connectivity index (χ4v) is 1.62. The van der Waals surface area contributed by atoms with E-state index in [0.29, 0.717) is 25.7 Å². The summed E-state index contributed by atoms with van der Waals surface area (Å²) in [7, 11) is 0. The molecule has 0 bridgehead atoms. The highest BCUT2D eigenvalue weighted by atomic mass is 16.3. The minimum Gasteiger partial charge on any atom is -0.391 e. The molecule has 0 saturated heterocycles. The third kappa shape index (κ3) is 8.73. The molecule has 10 nitrogen and oxygen atoms in total. The van der Waals surface area contributed by atoms with Crippen LogP contribution in [0.1, 0.15) is 26.7 Å². The van der Waals surface area contributed by atoms with Gasteiger partial charge in [-0.1, -0.05) is 0 Å². The molecule has 23 heavy (non-hydrogen) atoms. The highest BCUT2D eigenvalue weighted by Crippen LogP contribution is 1.96. The molecule has 0 rings (SSSR count). The van der Waals surface area contributed by atoms with Gasteiger partial charge in [-0.2, -0.15) is 0 Å². The molecule has 0 spiro atoms. The molecule has 9 N–H and O–H groups in total. The van der Waals surface area contributed by atoms with Crippen molar-refractivity contribution in [2.24, 2.45) is 11.5 Å². The van der Waals surface area contributed by atoms with Crippen LogP contribution in [0.25, 0.3) is 0 Å². The van der Waals surface area contributed by atoms with Gasteiger partial charge in [-0.3, -0.25) is 15.0 Å². The Hall–Kier alpha value is -2.20. The molecule has 0 fully saturated rings.